The molecule has 196 valence electrons. The normalized spacial score (nSPS) is 11.3. The van der Waals surface area contributed by atoms with Crippen LogP contribution in [0.15, 0.2) is 164 Å². The first kappa shape index (κ1) is 24.3. The maximum atomic E-state index is 4.71. The van der Waals surface area contributed by atoms with Crippen molar-refractivity contribution in [3.8, 4) is 44.5 Å². The fraction of sp³-hybridized carbons (Fsp3) is 0. The summed E-state index contributed by atoms with van der Waals surface area (Å²) in [6.45, 7) is 0. The fourth-order valence-corrected chi connectivity index (χ4v) is 6.39. The third kappa shape index (κ3) is 4.06. The maximum Gasteiger partial charge on any atom is 0.0780 e. The van der Waals surface area contributed by atoms with E-state index in [0.717, 1.165) is 16.5 Å². The molecule has 0 fully saturated rings. The second-order valence-corrected chi connectivity index (χ2v) is 10.7. The van der Waals surface area contributed by atoms with Gasteiger partial charge >= 0.3 is 0 Å². The molecule has 8 rings (SSSR count). The maximum absolute atomic E-state index is 4.71. The molecule has 0 amide bonds. The molecular formula is C41H27N. The number of aromatic nitrogens is 1. The van der Waals surface area contributed by atoms with Crippen molar-refractivity contribution in [2.24, 2.45) is 0 Å². The van der Waals surface area contributed by atoms with E-state index in [0.29, 0.717) is 0 Å². The fourth-order valence-electron chi connectivity index (χ4n) is 6.39. The molecule has 0 aliphatic carbocycles. The molecule has 1 aromatic heterocycles. The molecule has 7 aromatic carbocycles. The Morgan fingerprint density at radius 3 is 1.62 bits per heavy atom. The van der Waals surface area contributed by atoms with Crippen LogP contribution < -0.4 is 0 Å². The van der Waals surface area contributed by atoms with Crippen molar-refractivity contribution in [3.05, 3.63) is 164 Å². The predicted molar refractivity (Wildman–Crippen MR) is 178 cm³/mol. The Morgan fingerprint density at radius 2 is 0.881 bits per heavy atom. The van der Waals surface area contributed by atoms with Crippen molar-refractivity contribution in [3.63, 3.8) is 0 Å². The van der Waals surface area contributed by atoms with E-state index in [1.807, 2.05) is 12.3 Å². The molecule has 0 unspecified atom stereocenters. The van der Waals surface area contributed by atoms with Gasteiger partial charge in [0, 0.05) is 17.1 Å². The van der Waals surface area contributed by atoms with Crippen LogP contribution in [0.5, 0.6) is 0 Å². The Kier molecular flexibility index (Phi) is 5.86. The minimum atomic E-state index is 1.03. The van der Waals surface area contributed by atoms with Crippen LogP contribution in [0, 0.1) is 0 Å². The highest BCUT2D eigenvalue weighted by Gasteiger charge is 2.17. The Bertz CT molecular complexity index is 2230. The van der Waals surface area contributed by atoms with Gasteiger partial charge in [0.2, 0.25) is 0 Å². The van der Waals surface area contributed by atoms with E-state index in [1.54, 1.807) is 0 Å². The SMILES string of the molecule is c1ccc(-c2c3ccccc3c(-c3ccccc3)c3cc(-c4cccc(-c5cccc6cccnc56)c4)ccc23)cc1. The van der Waals surface area contributed by atoms with Crippen LogP contribution in [0.1, 0.15) is 0 Å². The topological polar surface area (TPSA) is 12.9 Å². The van der Waals surface area contributed by atoms with Gasteiger partial charge in [-0.1, -0.05) is 140 Å². The largest absolute Gasteiger partial charge is 0.256 e. The molecule has 1 heterocycles. The molecule has 0 aliphatic rings. The van der Waals surface area contributed by atoms with Gasteiger partial charge in [-0.05, 0) is 78.7 Å². The molecule has 1 nitrogen and oxygen atoms in total. The molecule has 0 saturated heterocycles. The van der Waals surface area contributed by atoms with Gasteiger partial charge in [-0.3, -0.25) is 4.98 Å². The van der Waals surface area contributed by atoms with Gasteiger partial charge in [0.25, 0.3) is 0 Å². The van der Waals surface area contributed by atoms with E-state index in [4.69, 9.17) is 4.98 Å². The molecular weight excluding hydrogens is 506 g/mol. The summed E-state index contributed by atoms with van der Waals surface area (Å²) in [6.07, 6.45) is 1.87. The molecule has 0 N–H and O–H groups in total. The van der Waals surface area contributed by atoms with Gasteiger partial charge in [0.15, 0.2) is 0 Å². The molecule has 0 saturated carbocycles. The summed E-state index contributed by atoms with van der Waals surface area (Å²) in [7, 11) is 0. The number of pyridine rings is 1. The summed E-state index contributed by atoms with van der Waals surface area (Å²) in [5.41, 5.74) is 10.8. The van der Waals surface area contributed by atoms with E-state index in [1.165, 1.54) is 60.5 Å². The predicted octanol–water partition coefficient (Wildman–Crippen LogP) is 11.2. The summed E-state index contributed by atoms with van der Waals surface area (Å²) in [5.74, 6) is 0. The van der Waals surface area contributed by atoms with Crippen LogP contribution >= 0.6 is 0 Å². The van der Waals surface area contributed by atoms with Gasteiger partial charge in [0.05, 0.1) is 5.52 Å². The Balaban J connectivity index is 1.40. The highest BCUT2D eigenvalue weighted by molar-refractivity contribution is 6.22. The highest BCUT2D eigenvalue weighted by atomic mass is 14.6. The van der Waals surface area contributed by atoms with Gasteiger partial charge in [-0.2, -0.15) is 0 Å². The third-order valence-corrected chi connectivity index (χ3v) is 8.29. The van der Waals surface area contributed by atoms with Crippen LogP contribution in [-0.4, -0.2) is 4.98 Å². The van der Waals surface area contributed by atoms with Gasteiger partial charge < -0.3 is 0 Å². The molecule has 0 spiro atoms. The van der Waals surface area contributed by atoms with E-state index in [2.05, 4.69) is 152 Å². The number of hydrogen-bond donors (Lipinski definition) is 0. The second kappa shape index (κ2) is 10.1. The third-order valence-electron chi connectivity index (χ3n) is 8.29. The van der Waals surface area contributed by atoms with E-state index < -0.39 is 0 Å². The minimum absolute atomic E-state index is 1.03. The summed E-state index contributed by atoms with van der Waals surface area (Å²) < 4.78 is 0. The lowest BCUT2D eigenvalue weighted by atomic mass is 9.85. The number of para-hydroxylation sites is 1. The van der Waals surface area contributed by atoms with Crippen molar-refractivity contribution in [2.75, 3.05) is 0 Å². The summed E-state index contributed by atoms with van der Waals surface area (Å²) in [6, 6.07) is 56.8. The average Bonchev–Trinajstić information content (AvgIpc) is 3.07. The number of fused-ring (bicyclic) bond motifs is 3. The summed E-state index contributed by atoms with van der Waals surface area (Å²) >= 11 is 0. The first-order chi connectivity index (χ1) is 20.8. The van der Waals surface area contributed by atoms with Gasteiger partial charge in [-0.25, -0.2) is 0 Å². The van der Waals surface area contributed by atoms with Gasteiger partial charge in [0.1, 0.15) is 0 Å². The number of nitrogens with zero attached hydrogens (tertiary/aromatic N) is 1. The molecule has 0 radical (unpaired) electrons. The summed E-state index contributed by atoms with van der Waals surface area (Å²) in [5, 5.41) is 6.21. The quantitative estimate of drug-likeness (QED) is 0.205. The lowest BCUT2D eigenvalue weighted by Gasteiger charge is -2.19. The number of hydrogen-bond acceptors (Lipinski definition) is 1. The Morgan fingerprint density at radius 1 is 0.333 bits per heavy atom. The Labute approximate surface area is 245 Å². The zero-order valence-corrected chi connectivity index (χ0v) is 23.0. The highest BCUT2D eigenvalue weighted by Crippen LogP contribution is 2.45. The van der Waals surface area contributed by atoms with Crippen LogP contribution in [-0.2, 0) is 0 Å². The zero-order valence-electron chi connectivity index (χ0n) is 23.0. The molecule has 0 bridgehead atoms. The van der Waals surface area contributed by atoms with E-state index >= 15 is 0 Å². The minimum Gasteiger partial charge on any atom is -0.256 e. The molecule has 0 aliphatic heterocycles. The molecule has 42 heavy (non-hydrogen) atoms. The molecule has 8 aromatic rings. The molecule has 1 heteroatoms. The van der Waals surface area contributed by atoms with E-state index in [9.17, 15) is 0 Å². The summed E-state index contributed by atoms with van der Waals surface area (Å²) in [4.78, 5) is 4.71. The zero-order chi connectivity index (χ0) is 27.9. The monoisotopic (exact) mass is 533 g/mol. The lowest BCUT2D eigenvalue weighted by Crippen LogP contribution is -1.92. The van der Waals surface area contributed by atoms with E-state index in [-0.39, 0.29) is 0 Å². The number of benzene rings is 7. The standard InChI is InChI=1S/C41H27N/c1-3-12-28(13-4-1)39-35-20-7-8-21-36(35)40(29-14-5-2-6-15-29)38-27-32(23-24-37(38)39)31-17-9-18-33(26-31)34-22-10-16-30-19-11-25-42-41(30)34/h1-27H. The second-order valence-electron chi connectivity index (χ2n) is 10.7. The first-order valence-electron chi connectivity index (χ1n) is 14.4. The van der Waals surface area contributed by atoms with Crippen LogP contribution in [0.25, 0.3) is 77.0 Å². The van der Waals surface area contributed by atoms with Crippen LogP contribution in [0.3, 0.4) is 0 Å². The van der Waals surface area contributed by atoms with Gasteiger partial charge in [-0.15, -0.1) is 0 Å². The van der Waals surface area contributed by atoms with Crippen molar-refractivity contribution in [2.45, 2.75) is 0 Å². The van der Waals surface area contributed by atoms with Crippen molar-refractivity contribution < 1.29 is 0 Å². The van der Waals surface area contributed by atoms with Crippen LogP contribution in [0.4, 0.5) is 0 Å². The number of rotatable bonds is 4. The van der Waals surface area contributed by atoms with Crippen molar-refractivity contribution >= 4 is 32.4 Å². The first-order valence-corrected chi connectivity index (χ1v) is 14.4. The Hall–Kier alpha value is -5.53. The lowest BCUT2D eigenvalue weighted by molar-refractivity contribution is 1.41. The molecule has 0 atom stereocenters. The van der Waals surface area contributed by atoms with Crippen molar-refractivity contribution in [1.29, 1.82) is 0 Å². The average molecular weight is 534 g/mol. The van der Waals surface area contributed by atoms with Crippen LogP contribution in [0.2, 0.25) is 0 Å². The van der Waals surface area contributed by atoms with Crippen molar-refractivity contribution in [1.82, 2.24) is 4.98 Å². The smallest absolute Gasteiger partial charge is 0.0780 e.